The van der Waals surface area contributed by atoms with E-state index < -0.39 is 6.09 Å². The van der Waals surface area contributed by atoms with E-state index in [0.29, 0.717) is 5.69 Å². The second-order valence-corrected chi connectivity index (χ2v) is 5.92. The van der Waals surface area contributed by atoms with Crippen LogP contribution in [0.15, 0.2) is 36.4 Å². The fraction of sp³-hybridized carbons (Fsp3) is 0.312. The Hall–Kier alpha value is -2.01. The van der Waals surface area contributed by atoms with Gasteiger partial charge in [-0.05, 0) is 49.7 Å². The zero-order chi connectivity index (χ0) is 15.2. The fourth-order valence-corrected chi connectivity index (χ4v) is 2.91. The number of hydrogen-bond donors (Lipinski definition) is 2. The number of amides is 1. The van der Waals surface area contributed by atoms with E-state index in [1.165, 1.54) is 16.9 Å². The van der Waals surface area contributed by atoms with Crippen LogP contribution in [0.1, 0.15) is 29.6 Å². The normalized spacial score (nSPS) is 11.8. The summed E-state index contributed by atoms with van der Waals surface area (Å²) in [5.41, 5.74) is 1.73. The lowest BCUT2D eigenvalue weighted by molar-refractivity contribution is 0.187. The number of aryl methyl sites for hydroxylation is 1. The Morgan fingerprint density at radius 3 is 2.43 bits per heavy atom. The molecule has 0 spiro atoms. The molecule has 0 saturated heterocycles. The van der Waals surface area contributed by atoms with E-state index in [9.17, 15) is 4.79 Å². The second-order valence-electron chi connectivity index (χ2n) is 4.72. The minimum Gasteiger partial charge on any atom is -0.453 e. The summed E-state index contributed by atoms with van der Waals surface area (Å²) in [6.07, 6.45) is 0.611. The largest absolute Gasteiger partial charge is 0.453 e. The highest BCUT2D eigenvalue weighted by Crippen LogP contribution is 2.27. The Labute approximate surface area is 129 Å². The maximum Gasteiger partial charge on any atom is 0.411 e. The van der Waals surface area contributed by atoms with E-state index in [-0.39, 0.29) is 6.04 Å². The lowest BCUT2D eigenvalue weighted by atomic mass is 10.2. The first kappa shape index (κ1) is 15.4. The average molecular weight is 304 g/mol. The van der Waals surface area contributed by atoms with Crippen LogP contribution in [0.25, 0.3) is 0 Å². The molecule has 2 aromatic rings. The molecule has 2 rings (SSSR count). The Bertz CT molecular complexity index is 593. The van der Waals surface area contributed by atoms with Crippen molar-refractivity contribution < 1.29 is 9.53 Å². The highest BCUT2D eigenvalue weighted by molar-refractivity contribution is 7.12. The number of rotatable bonds is 5. The molecule has 5 heteroatoms. The van der Waals surface area contributed by atoms with E-state index in [2.05, 4.69) is 41.4 Å². The Balaban J connectivity index is 1.97. The predicted molar refractivity (Wildman–Crippen MR) is 88.2 cm³/mol. The van der Waals surface area contributed by atoms with Gasteiger partial charge in [-0.2, -0.15) is 0 Å². The Morgan fingerprint density at radius 1 is 1.19 bits per heavy atom. The zero-order valence-electron chi connectivity index (χ0n) is 12.5. The van der Waals surface area contributed by atoms with E-state index in [0.717, 1.165) is 12.1 Å². The number of carbonyl (C=O) groups is 1. The van der Waals surface area contributed by atoms with E-state index in [1.807, 2.05) is 35.6 Å². The summed E-state index contributed by atoms with van der Waals surface area (Å²) in [5, 5.41) is 6.08. The van der Waals surface area contributed by atoms with Crippen LogP contribution >= 0.6 is 11.3 Å². The number of carbonyl (C=O) groups excluding carboxylic acids is 1. The van der Waals surface area contributed by atoms with Crippen molar-refractivity contribution in [1.82, 2.24) is 0 Å². The summed E-state index contributed by atoms with van der Waals surface area (Å²) in [6, 6.07) is 12.2. The molecule has 21 heavy (non-hydrogen) atoms. The number of hydrogen-bond acceptors (Lipinski definition) is 4. The van der Waals surface area contributed by atoms with Crippen molar-refractivity contribution in [3.8, 4) is 0 Å². The summed E-state index contributed by atoms with van der Waals surface area (Å²) < 4.78 is 4.56. The third kappa shape index (κ3) is 4.23. The number of benzene rings is 1. The second kappa shape index (κ2) is 7.13. The van der Waals surface area contributed by atoms with Crippen molar-refractivity contribution in [1.29, 1.82) is 0 Å². The highest BCUT2D eigenvalue weighted by atomic mass is 32.1. The van der Waals surface area contributed by atoms with Crippen LogP contribution in [0.4, 0.5) is 16.2 Å². The van der Waals surface area contributed by atoms with Crippen molar-refractivity contribution in [3.05, 3.63) is 46.2 Å². The molecule has 1 aromatic heterocycles. The van der Waals surface area contributed by atoms with E-state index in [4.69, 9.17) is 0 Å². The van der Waals surface area contributed by atoms with Gasteiger partial charge >= 0.3 is 6.09 Å². The number of methoxy groups -OCH3 is 1. The molecule has 0 aliphatic carbocycles. The Morgan fingerprint density at radius 2 is 1.86 bits per heavy atom. The third-order valence-corrected chi connectivity index (χ3v) is 4.57. The van der Waals surface area contributed by atoms with Crippen LogP contribution in [-0.4, -0.2) is 13.2 Å². The summed E-state index contributed by atoms with van der Waals surface area (Å²) >= 11 is 1.84. The molecular weight excluding hydrogens is 284 g/mol. The van der Waals surface area contributed by atoms with Gasteiger partial charge < -0.3 is 10.1 Å². The molecule has 1 unspecified atom stereocenters. The van der Waals surface area contributed by atoms with Crippen LogP contribution in [0.5, 0.6) is 0 Å². The van der Waals surface area contributed by atoms with E-state index >= 15 is 0 Å². The van der Waals surface area contributed by atoms with Gasteiger partial charge in [0.05, 0.1) is 13.2 Å². The quantitative estimate of drug-likeness (QED) is 0.844. The van der Waals surface area contributed by atoms with Crippen LogP contribution in [0.3, 0.4) is 0 Å². The van der Waals surface area contributed by atoms with Gasteiger partial charge in [-0.3, -0.25) is 5.32 Å². The number of anilines is 2. The molecule has 0 radical (unpaired) electrons. The molecular formula is C16H20N2O2S. The maximum atomic E-state index is 11.1. The lowest BCUT2D eigenvalue weighted by Crippen LogP contribution is -2.11. The molecule has 0 saturated carbocycles. The molecule has 2 N–H and O–H groups in total. The summed E-state index contributed by atoms with van der Waals surface area (Å²) in [4.78, 5) is 13.8. The minimum absolute atomic E-state index is 0.259. The Kier molecular flexibility index (Phi) is 5.22. The van der Waals surface area contributed by atoms with Gasteiger partial charge in [0.15, 0.2) is 0 Å². The van der Waals surface area contributed by atoms with Crippen LogP contribution < -0.4 is 10.6 Å². The summed E-state index contributed by atoms with van der Waals surface area (Å²) in [7, 11) is 1.35. The first-order valence-electron chi connectivity index (χ1n) is 6.92. The zero-order valence-corrected chi connectivity index (χ0v) is 13.3. The predicted octanol–water partition coefficient (Wildman–Crippen LogP) is 4.66. The topological polar surface area (TPSA) is 50.4 Å². The molecule has 0 aliphatic heterocycles. The molecule has 1 amide bonds. The monoisotopic (exact) mass is 304 g/mol. The third-order valence-electron chi connectivity index (χ3n) is 3.16. The smallest absolute Gasteiger partial charge is 0.411 e. The van der Waals surface area contributed by atoms with Gasteiger partial charge in [0.1, 0.15) is 0 Å². The maximum absolute atomic E-state index is 11.1. The van der Waals surface area contributed by atoms with Crippen LogP contribution in [0, 0.1) is 0 Å². The molecule has 1 aromatic carbocycles. The van der Waals surface area contributed by atoms with E-state index in [1.54, 1.807) is 0 Å². The molecule has 4 nitrogen and oxygen atoms in total. The van der Waals surface area contributed by atoms with Crippen LogP contribution in [-0.2, 0) is 11.2 Å². The molecule has 112 valence electrons. The first-order valence-corrected chi connectivity index (χ1v) is 7.74. The minimum atomic E-state index is -0.463. The van der Waals surface area contributed by atoms with Gasteiger partial charge in [-0.15, -0.1) is 11.3 Å². The van der Waals surface area contributed by atoms with Crippen molar-refractivity contribution in [2.45, 2.75) is 26.3 Å². The molecule has 1 heterocycles. The highest BCUT2D eigenvalue weighted by Gasteiger charge is 2.08. The van der Waals surface area contributed by atoms with Gasteiger partial charge in [0.25, 0.3) is 0 Å². The van der Waals surface area contributed by atoms with Crippen LogP contribution in [0.2, 0.25) is 0 Å². The molecule has 0 bridgehead atoms. The standard InChI is InChI=1S/C16H20N2O2S/c1-4-14-9-10-15(21-14)11(2)17-12-5-7-13(8-6-12)18-16(19)20-3/h5-11,17H,4H2,1-3H3,(H,18,19). The van der Waals surface area contributed by atoms with Gasteiger partial charge in [-0.1, -0.05) is 6.92 Å². The lowest BCUT2D eigenvalue weighted by Gasteiger charge is -2.14. The van der Waals surface area contributed by atoms with Crippen molar-refractivity contribution in [2.75, 3.05) is 17.7 Å². The van der Waals surface area contributed by atoms with Crippen molar-refractivity contribution >= 4 is 28.8 Å². The SMILES string of the molecule is CCc1ccc(C(C)Nc2ccc(NC(=O)OC)cc2)s1. The van der Waals surface area contributed by atoms with Gasteiger partial charge in [0.2, 0.25) is 0 Å². The van der Waals surface area contributed by atoms with Crippen molar-refractivity contribution in [2.24, 2.45) is 0 Å². The molecule has 0 aliphatic rings. The summed E-state index contributed by atoms with van der Waals surface area (Å²) in [5.74, 6) is 0. The molecule has 1 atom stereocenters. The number of thiophene rings is 1. The summed E-state index contributed by atoms with van der Waals surface area (Å²) in [6.45, 7) is 4.31. The average Bonchev–Trinajstić information content (AvgIpc) is 2.98. The van der Waals surface area contributed by atoms with Crippen molar-refractivity contribution in [3.63, 3.8) is 0 Å². The van der Waals surface area contributed by atoms with Gasteiger partial charge in [-0.25, -0.2) is 4.79 Å². The van der Waals surface area contributed by atoms with Gasteiger partial charge in [0, 0.05) is 21.1 Å². The number of nitrogens with one attached hydrogen (secondary N) is 2. The first-order chi connectivity index (χ1) is 10.1. The molecule has 0 fully saturated rings. The fourth-order valence-electron chi connectivity index (χ4n) is 1.96. The number of ether oxygens (including phenoxy) is 1.